The van der Waals surface area contributed by atoms with Gasteiger partial charge >= 0.3 is 0 Å². The van der Waals surface area contributed by atoms with Crippen LogP contribution in [0.4, 0.5) is 23.1 Å². The van der Waals surface area contributed by atoms with Gasteiger partial charge < -0.3 is 10.6 Å². The average molecular weight is 362 g/mol. The Hall–Kier alpha value is -1.77. The quantitative estimate of drug-likeness (QED) is 0.757. The van der Waals surface area contributed by atoms with Gasteiger partial charge in [0.15, 0.2) is 5.82 Å². The summed E-state index contributed by atoms with van der Waals surface area (Å²) in [6.07, 6.45) is 2.41. The second-order valence-corrected chi connectivity index (χ2v) is 6.90. The van der Waals surface area contributed by atoms with E-state index in [1.807, 2.05) is 0 Å². The highest BCUT2D eigenvalue weighted by Crippen LogP contribution is 2.27. The van der Waals surface area contributed by atoms with E-state index >= 15 is 0 Å². The standard InChI is InChI=1S/C12H13Cl2N5O2S/c1-15-11-10(19-22(2,20)21)6-16-12(18-11)17-7-3-4-8(13)9(14)5-7/h3-6,19H,1-2H3,(H2,15,16,17,18). The minimum Gasteiger partial charge on any atom is -0.371 e. The third kappa shape index (κ3) is 4.36. The average Bonchev–Trinajstić information content (AvgIpc) is 2.43. The van der Waals surface area contributed by atoms with Crippen LogP contribution in [0, 0.1) is 0 Å². The van der Waals surface area contributed by atoms with Crippen LogP contribution in [0.15, 0.2) is 24.4 Å². The van der Waals surface area contributed by atoms with Crippen molar-refractivity contribution in [2.75, 3.05) is 28.7 Å². The lowest BCUT2D eigenvalue weighted by Gasteiger charge is -2.11. The Kier molecular flexibility index (Phi) is 4.94. The van der Waals surface area contributed by atoms with Crippen LogP contribution in [0.1, 0.15) is 0 Å². The number of aromatic nitrogens is 2. The van der Waals surface area contributed by atoms with Crippen molar-refractivity contribution in [1.29, 1.82) is 0 Å². The lowest BCUT2D eigenvalue weighted by molar-refractivity contribution is 0.607. The van der Waals surface area contributed by atoms with Crippen molar-refractivity contribution in [3.8, 4) is 0 Å². The second-order valence-electron chi connectivity index (χ2n) is 4.33. The molecule has 0 aliphatic carbocycles. The Morgan fingerprint density at radius 3 is 2.50 bits per heavy atom. The van der Waals surface area contributed by atoms with Gasteiger partial charge in [-0.15, -0.1) is 0 Å². The number of hydrogen-bond donors (Lipinski definition) is 3. The number of nitrogens with one attached hydrogen (secondary N) is 3. The van der Waals surface area contributed by atoms with Crippen molar-refractivity contribution >= 4 is 56.4 Å². The van der Waals surface area contributed by atoms with E-state index < -0.39 is 10.0 Å². The van der Waals surface area contributed by atoms with Crippen molar-refractivity contribution in [2.24, 2.45) is 0 Å². The van der Waals surface area contributed by atoms with Crippen molar-refractivity contribution < 1.29 is 8.42 Å². The Morgan fingerprint density at radius 1 is 1.18 bits per heavy atom. The summed E-state index contributed by atoms with van der Waals surface area (Å²) in [5, 5.41) is 6.59. The normalized spacial score (nSPS) is 11.1. The van der Waals surface area contributed by atoms with E-state index in [9.17, 15) is 8.42 Å². The van der Waals surface area contributed by atoms with Gasteiger partial charge in [-0.2, -0.15) is 4.98 Å². The summed E-state index contributed by atoms with van der Waals surface area (Å²) < 4.78 is 24.9. The number of nitrogens with zero attached hydrogens (tertiary/aromatic N) is 2. The number of benzene rings is 1. The first-order valence-corrected chi connectivity index (χ1v) is 8.68. The summed E-state index contributed by atoms with van der Waals surface area (Å²) in [6, 6.07) is 5.00. The Morgan fingerprint density at radius 2 is 1.91 bits per heavy atom. The van der Waals surface area contributed by atoms with Gasteiger partial charge in [0.2, 0.25) is 16.0 Å². The molecule has 1 aromatic heterocycles. The molecule has 0 atom stereocenters. The maximum absolute atomic E-state index is 11.3. The molecule has 118 valence electrons. The Labute approximate surface area is 138 Å². The molecule has 3 N–H and O–H groups in total. The van der Waals surface area contributed by atoms with Gasteiger partial charge in [0.25, 0.3) is 0 Å². The van der Waals surface area contributed by atoms with Gasteiger partial charge in [0.05, 0.1) is 22.5 Å². The zero-order valence-electron chi connectivity index (χ0n) is 11.7. The number of rotatable bonds is 5. The monoisotopic (exact) mass is 361 g/mol. The lowest BCUT2D eigenvalue weighted by Crippen LogP contribution is -2.13. The number of halogens is 2. The molecule has 22 heavy (non-hydrogen) atoms. The smallest absolute Gasteiger partial charge is 0.229 e. The molecule has 0 aliphatic rings. The predicted molar refractivity (Wildman–Crippen MR) is 89.8 cm³/mol. The third-order valence-corrected chi connectivity index (χ3v) is 3.83. The van der Waals surface area contributed by atoms with Crippen molar-refractivity contribution in [2.45, 2.75) is 0 Å². The highest BCUT2D eigenvalue weighted by Gasteiger charge is 2.10. The number of anilines is 4. The zero-order chi connectivity index (χ0) is 16.3. The van der Waals surface area contributed by atoms with Gasteiger partial charge in [-0.1, -0.05) is 23.2 Å². The predicted octanol–water partition coefficient (Wildman–Crippen LogP) is 2.94. The van der Waals surface area contributed by atoms with E-state index in [1.54, 1.807) is 25.2 Å². The third-order valence-electron chi connectivity index (χ3n) is 2.50. The van der Waals surface area contributed by atoms with Gasteiger partial charge in [0.1, 0.15) is 5.69 Å². The minimum atomic E-state index is -3.41. The summed E-state index contributed by atoms with van der Waals surface area (Å²) in [4.78, 5) is 8.24. The highest BCUT2D eigenvalue weighted by atomic mass is 35.5. The van der Waals surface area contributed by atoms with Gasteiger partial charge in [-0.25, -0.2) is 13.4 Å². The summed E-state index contributed by atoms with van der Waals surface area (Å²) in [7, 11) is -1.79. The molecule has 10 heteroatoms. The molecule has 0 radical (unpaired) electrons. The maximum Gasteiger partial charge on any atom is 0.229 e. The molecule has 0 saturated carbocycles. The van der Waals surface area contributed by atoms with Gasteiger partial charge in [0, 0.05) is 12.7 Å². The molecular formula is C12H13Cl2N5O2S. The van der Waals surface area contributed by atoms with E-state index in [0.717, 1.165) is 6.26 Å². The molecule has 0 bridgehead atoms. The van der Waals surface area contributed by atoms with Crippen LogP contribution < -0.4 is 15.4 Å². The molecule has 2 aromatic rings. The molecule has 0 spiro atoms. The van der Waals surface area contributed by atoms with Crippen molar-refractivity contribution in [3.63, 3.8) is 0 Å². The molecule has 0 unspecified atom stereocenters. The summed E-state index contributed by atoms with van der Waals surface area (Å²) in [6.45, 7) is 0. The maximum atomic E-state index is 11.3. The molecule has 2 rings (SSSR count). The van der Waals surface area contributed by atoms with E-state index in [0.29, 0.717) is 21.6 Å². The van der Waals surface area contributed by atoms with Gasteiger partial charge in [-0.05, 0) is 18.2 Å². The highest BCUT2D eigenvalue weighted by molar-refractivity contribution is 7.92. The Balaban J connectivity index is 2.27. The number of sulfonamides is 1. The van der Waals surface area contributed by atoms with Crippen LogP contribution in [-0.2, 0) is 10.0 Å². The van der Waals surface area contributed by atoms with Crippen LogP contribution in [-0.4, -0.2) is 31.7 Å². The number of hydrogen-bond acceptors (Lipinski definition) is 6. The first-order chi connectivity index (χ1) is 10.3. The fraction of sp³-hybridized carbons (Fsp3) is 0.167. The molecule has 1 heterocycles. The van der Waals surface area contributed by atoms with E-state index in [2.05, 4.69) is 25.3 Å². The summed E-state index contributed by atoms with van der Waals surface area (Å²) in [5.41, 5.74) is 0.907. The SMILES string of the molecule is CNc1nc(Nc2ccc(Cl)c(Cl)c2)ncc1NS(C)(=O)=O. The van der Waals surface area contributed by atoms with Crippen molar-refractivity contribution in [1.82, 2.24) is 9.97 Å². The van der Waals surface area contributed by atoms with Gasteiger partial charge in [-0.3, -0.25) is 4.72 Å². The van der Waals surface area contributed by atoms with Crippen LogP contribution in [0.2, 0.25) is 10.0 Å². The summed E-state index contributed by atoms with van der Waals surface area (Å²) in [5.74, 6) is 0.616. The molecule has 0 aliphatic heterocycles. The molecule has 0 amide bonds. The molecular weight excluding hydrogens is 349 g/mol. The fourth-order valence-corrected chi connectivity index (χ4v) is 2.46. The first-order valence-electron chi connectivity index (χ1n) is 6.03. The molecule has 7 nitrogen and oxygen atoms in total. The van der Waals surface area contributed by atoms with Crippen molar-refractivity contribution in [3.05, 3.63) is 34.4 Å². The van der Waals surface area contributed by atoms with Crippen LogP contribution in [0.3, 0.4) is 0 Å². The second kappa shape index (κ2) is 6.55. The summed E-state index contributed by atoms with van der Waals surface area (Å²) >= 11 is 11.8. The van der Waals surface area contributed by atoms with Crippen LogP contribution in [0.25, 0.3) is 0 Å². The van der Waals surface area contributed by atoms with E-state index in [1.165, 1.54) is 6.20 Å². The lowest BCUT2D eigenvalue weighted by atomic mass is 10.3. The molecule has 0 saturated heterocycles. The largest absolute Gasteiger partial charge is 0.371 e. The molecule has 1 aromatic carbocycles. The zero-order valence-corrected chi connectivity index (χ0v) is 14.0. The first kappa shape index (κ1) is 16.6. The fourth-order valence-electron chi connectivity index (χ4n) is 1.61. The minimum absolute atomic E-state index is 0.254. The van der Waals surface area contributed by atoms with Crippen LogP contribution in [0.5, 0.6) is 0 Å². The van der Waals surface area contributed by atoms with E-state index in [4.69, 9.17) is 23.2 Å². The Bertz CT molecular complexity index is 798. The molecule has 0 fully saturated rings. The topological polar surface area (TPSA) is 96.0 Å². The van der Waals surface area contributed by atoms with E-state index in [-0.39, 0.29) is 11.6 Å². The van der Waals surface area contributed by atoms with Crippen LogP contribution >= 0.6 is 23.2 Å².